The van der Waals surface area contributed by atoms with Crippen molar-refractivity contribution in [2.24, 2.45) is 5.73 Å². The van der Waals surface area contributed by atoms with Gasteiger partial charge in [0.2, 0.25) is 0 Å². The first-order valence-electron chi connectivity index (χ1n) is 5.77. The lowest BCUT2D eigenvalue weighted by Crippen LogP contribution is -2.53. The van der Waals surface area contributed by atoms with Crippen LogP contribution in [0.4, 0.5) is 0 Å². The molecule has 108 valence electrons. The molecule has 2 unspecified atom stereocenters. The van der Waals surface area contributed by atoms with Gasteiger partial charge in [-0.1, -0.05) is 0 Å². The van der Waals surface area contributed by atoms with Gasteiger partial charge in [-0.05, 0) is 19.9 Å². The Kier molecular flexibility index (Phi) is 8.32. The minimum atomic E-state index is -2.80. The molecule has 4 N–H and O–H groups in total. The van der Waals surface area contributed by atoms with Crippen LogP contribution in [-0.4, -0.2) is 60.3 Å². The third-order valence-electron chi connectivity index (χ3n) is 2.85. The molecule has 0 fully saturated rings. The molecular weight excluding hydrogens is 256 g/mol. The van der Waals surface area contributed by atoms with Gasteiger partial charge in [0.1, 0.15) is 0 Å². The van der Waals surface area contributed by atoms with Crippen molar-refractivity contribution >= 4 is 14.8 Å². The van der Waals surface area contributed by atoms with Crippen molar-refractivity contribution in [1.82, 2.24) is 5.32 Å². The van der Waals surface area contributed by atoms with Crippen LogP contribution in [0.25, 0.3) is 0 Å². The van der Waals surface area contributed by atoms with Crippen molar-refractivity contribution in [3.05, 3.63) is 0 Å². The highest BCUT2D eigenvalue weighted by Gasteiger charge is 2.48. The summed E-state index contributed by atoms with van der Waals surface area (Å²) >= 11 is 0. The molecule has 0 spiro atoms. The van der Waals surface area contributed by atoms with Gasteiger partial charge in [-0.3, -0.25) is 4.79 Å². The predicted octanol–water partition coefficient (Wildman–Crippen LogP) is -0.354. The van der Waals surface area contributed by atoms with Gasteiger partial charge in [0.05, 0.1) is 6.54 Å². The van der Waals surface area contributed by atoms with Gasteiger partial charge in [0, 0.05) is 32.9 Å². The van der Waals surface area contributed by atoms with Crippen LogP contribution < -0.4 is 11.1 Å². The molecule has 0 rings (SSSR count). The number of carboxylic acid groups (broad SMARTS) is 1. The zero-order chi connectivity index (χ0) is 14.2. The van der Waals surface area contributed by atoms with Crippen molar-refractivity contribution in [3.63, 3.8) is 0 Å². The first-order valence-corrected chi connectivity index (χ1v) is 7.57. The molecule has 0 bridgehead atoms. The second kappa shape index (κ2) is 8.56. The lowest BCUT2D eigenvalue weighted by atomic mass is 10.2. The molecule has 0 amide bonds. The van der Waals surface area contributed by atoms with E-state index in [0.29, 0.717) is 13.0 Å². The number of nitrogens with one attached hydrogen (secondary N) is 1. The Bertz CT molecular complexity index is 240. The monoisotopic (exact) mass is 280 g/mol. The number of aliphatic carboxylic acids is 1. The van der Waals surface area contributed by atoms with E-state index in [4.69, 9.17) is 24.1 Å². The number of carboxylic acids is 1. The Hall–Kier alpha value is -0.513. The fourth-order valence-corrected chi connectivity index (χ4v) is 4.47. The van der Waals surface area contributed by atoms with Crippen LogP contribution in [0.1, 0.15) is 13.3 Å². The molecule has 7 nitrogen and oxygen atoms in total. The summed E-state index contributed by atoms with van der Waals surface area (Å²) in [5, 5.41) is 11.3. The molecule has 18 heavy (non-hydrogen) atoms. The van der Waals surface area contributed by atoms with Crippen LogP contribution in [0, 0.1) is 0 Å². The fraction of sp³-hybridized carbons (Fsp3) is 0.900. The molecule has 0 aromatic carbocycles. The Morgan fingerprint density at radius 3 is 2.17 bits per heavy atom. The Morgan fingerprint density at radius 1 is 1.33 bits per heavy atom. The molecule has 0 aliphatic heterocycles. The van der Waals surface area contributed by atoms with Gasteiger partial charge in [-0.25, -0.2) is 0 Å². The van der Waals surface area contributed by atoms with E-state index in [1.807, 2.05) is 6.92 Å². The van der Waals surface area contributed by atoms with Gasteiger partial charge in [-0.15, -0.1) is 0 Å². The minimum absolute atomic E-state index is 0.0762. The number of nitrogens with two attached hydrogens (primary N) is 1. The average Bonchev–Trinajstić information content (AvgIpc) is 2.33. The van der Waals surface area contributed by atoms with E-state index in [-0.39, 0.29) is 18.1 Å². The standard InChI is InChI=1S/C10H24N2O5Si/c1-8(11)9(5-6-12-7-10(13)14)18(15-2,16-3)17-4/h8-9,12H,5-7,11H2,1-4H3,(H,13,14). The van der Waals surface area contributed by atoms with Gasteiger partial charge in [-0.2, -0.15) is 0 Å². The van der Waals surface area contributed by atoms with Crippen molar-refractivity contribution in [3.8, 4) is 0 Å². The van der Waals surface area contributed by atoms with Crippen molar-refractivity contribution in [2.45, 2.75) is 24.9 Å². The van der Waals surface area contributed by atoms with Crippen LogP contribution in [-0.2, 0) is 18.1 Å². The maximum absolute atomic E-state index is 10.4. The van der Waals surface area contributed by atoms with Gasteiger partial charge in [0.25, 0.3) is 0 Å². The summed E-state index contributed by atoms with van der Waals surface area (Å²) in [4.78, 5) is 10.4. The summed E-state index contributed by atoms with van der Waals surface area (Å²) in [6, 6.07) is -0.164. The SMILES string of the molecule is CO[Si](OC)(OC)C(CCNCC(=O)O)C(C)N. The van der Waals surface area contributed by atoms with E-state index in [1.165, 1.54) is 0 Å². The Balaban J connectivity index is 4.50. The number of hydrogen-bond donors (Lipinski definition) is 3. The molecule has 0 heterocycles. The first-order chi connectivity index (χ1) is 8.43. The lowest BCUT2D eigenvalue weighted by molar-refractivity contribution is -0.135. The maximum atomic E-state index is 10.4. The topological polar surface area (TPSA) is 103 Å². The number of carbonyl (C=O) groups is 1. The van der Waals surface area contributed by atoms with E-state index in [1.54, 1.807) is 21.3 Å². The smallest absolute Gasteiger partial charge is 0.480 e. The quantitative estimate of drug-likeness (QED) is 0.371. The molecular formula is C10H24N2O5Si. The molecule has 0 aliphatic carbocycles. The highest BCUT2D eigenvalue weighted by molar-refractivity contribution is 6.62. The number of rotatable bonds is 10. The van der Waals surface area contributed by atoms with Crippen LogP contribution in [0.5, 0.6) is 0 Å². The van der Waals surface area contributed by atoms with Gasteiger partial charge < -0.3 is 29.4 Å². The highest BCUT2D eigenvalue weighted by Crippen LogP contribution is 2.29. The van der Waals surface area contributed by atoms with Crippen molar-refractivity contribution < 1.29 is 23.2 Å². The van der Waals surface area contributed by atoms with Crippen LogP contribution in [0.2, 0.25) is 5.54 Å². The summed E-state index contributed by atoms with van der Waals surface area (Å²) in [7, 11) is 1.82. The molecule has 0 radical (unpaired) electrons. The first kappa shape index (κ1) is 17.5. The van der Waals surface area contributed by atoms with Crippen molar-refractivity contribution in [1.29, 1.82) is 0 Å². The normalized spacial score (nSPS) is 15.4. The molecule has 2 atom stereocenters. The van der Waals surface area contributed by atoms with Gasteiger partial charge in [0.15, 0.2) is 0 Å². The van der Waals surface area contributed by atoms with E-state index >= 15 is 0 Å². The largest absolute Gasteiger partial charge is 0.505 e. The second-order valence-corrected chi connectivity index (χ2v) is 7.21. The predicted molar refractivity (Wildman–Crippen MR) is 69.3 cm³/mol. The molecule has 0 saturated carbocycles. The molecule has 0 saturated heterocycles. The summed E-state index contributed by atoms with van der Waals surface area (Å²) in [5.74, 6) is -0.888. The Labute approximate surface area is 109 Å². The molecule has 0 aliphatic rings. The fourth-order valence-electron chi connectivity index (χ4n) is 1.92. The molecule has 0 aromatic rings. The molecule has 8 heteroatoms. The maximum Gasteiger partial charge on any atom is 0.505 e. The van der Waals surface area contributed by atoms with E-state index in [0.717, 1.165) is 0 Å². The lowest BCUT2D eigenvalue weighted by Gasteiger charge is -2.34. The van der Waals surface area contributed by atoms with Crippen molar-refractivity contribution in [2.75, 3.05) is 34.4 Å². The third kappa shape index (κ3) is 5.00. The molecule has 0 aromatic heterocycles. The zero-order valence-electron chi connectivity index (χ0n) is 11.4. The van der Waals surface area contributed by atoms with E-state index in [9.17, 15) is 4.79 Å². The van der Waals surface area contributed by atoms with Crippen LogP contribution in [0.3, 0.4) is 0 Å². The van der Waals surface area contributed by atoms with Gasteiger partial charge >= 0.3 is 14.8 Å². The highest BCUT2D eigenvalue weighted by atomic mass is 28.4. The van der Waals surface area contributed by atoms with E-state index in [2.05, 4.69) is 5.32 Å². The Morgan fingerprint density at radius 2 is 1.83 bits per heavy atom. The second-order valence-electron chi connectivity index (χ2n) is 4.04. The summed E-state index contributed by atoms with van der Waals surface area (Å²) in [6.07, 6.45) is 0.632. The summed E-state index contributed by atoms with van der Waals surface area (Å²) < 4.78 is 16.2. The summed E-state index contributed by atoms with van der Waals surface area (Å²) in [5.41, 5.74) is 5.86. The van der Waals surface area contributed by atoms with Crippen LogP contribution >= 0.6 is 0 Å². The average molecular weight is 280 g/mol. The third-order valence-corrected chi connectivity index (χ3v) is 6.28. The van der Waals surface area contributed by atoms with E-state index < -0.39 is 14.8 Å². The number of hydrogen-bond acceptors (Lipinski definition) is 6. The minimum Gasteiger partial charge on any atom is -0.480 e. The van der Waals surface area contributed by atoms with Crippen LogP contribution in [0.15, 0.2) is 0 Å². The summed E-state index contributed by atoms with van der Waals surface area (Å²) in [6.45, 7) is 2.30. The zero-order valence-corrected chi connectivity index (χ0v) is 12.4.